The first kappa shape index (κ1) is 14.9. The summed E-state index contributed by atoms with van der Waals surface area (Å²) < 4.78 is 25.9. The highest BCUT2D eigenvalue weighted by atomic mass is 32.2. The monoisotopic (exact) mass is 264 g/mol. The SMILES string of the molecule is CN(C)CC1CCCN1S(=O)(=O)CCCCO. The molecule has 0 aromatic rings. The normalized spacial score (nSPS) is 22.5. The van der Waals surface area contributed by atoms with Gasteiger partial charge in [-0.15, -0.1) is 0 Å². The predicted molar refractivity (Wildman–Crippen MR) is 68.4 cm³/mol. The van der Waals surface area contributed by atoms with E-state index < -0.39 is 10.0 Å². The van der Waals surface area contributed by atoms with Crippen LogP contribution in [-0.4, -0.2) is 68.3 Å². The van der Waals surface area contributed by atoms with E-state index in [1.807, 2.05) is 19.0 Å². The van der Waals surface area contributed by atoms with Gasteiger partial charge in [0.05, 0.1) is 5.75 Å². The molecule has 1 fully saturated rings. The minimum absolute atomic E-state index is 0.0661. The van der Waals surface area contributed by atoms with Crippen molar-refractivity contribution >= 4 is 10.0 Å². The molecule has 0 aliphatic carbocycles. The Labute approximate surface area is 104 Å². The van der Waals surface area contributed by atoms with Gasteiger partial charge in [-0.25, -0.2) is 8.42 Å². The molecule has 1 unspecified atom stereocenters. The van der Waals surface area contributed by atoms with Crippen molar-refractivity contribution in [2.45, 2.75) is 31.7 Å². The van der Waals surface area contributed by atoms with Crippen LogP contribution in [-0.2, 0) is 10.0 Å². The Balaban J connectivity index is 2.56. The summed E-state index contributed by atoms with van der Waals surface area (Å²) in [5, 5.41) is 8.68. The average Bonchev–Trinajstić information content (AvgIpc) is 2.65. The molecule has 102 valence electrons. The summed E-state index contributed by atoms with van der Waals surface area (Å²) in [5.41, 5.74) is 0. The van der Waals surface area contributed by atoms with E-state index in [1.54, 1.807) is 4.31 Å². The van der Waals surface area contributed by atoms with Gasteiger partial charge in [0.1, 0.15) is 0 Å². The summed E-state index contributed by atoms with van der Waals surface area (Å²) in [6.07, 6.45) is 3.02. The Bertz CT molecular complexity index is 317. The zero-order valence-corrected chi connectivity index (χ0v) is 11.6. The van der Waals surface area contributed by atoms with Crippen LogP contribution in [0, 0.1) is 0 Å². The van der Waals surface area contributed by atoms with E-state index >= 15 is 0 Å². The van der Waals surface area contributed by atoms with Crippen molar-refractivity contribution < 1.29 is 13.5 Å². The maximum absolute atomic E-state index is 12.1. The molecule has 0 bridgehead atoms. The highest BCUT2D eigenvalue weighted by molar-refractivity contribution is 7.89. The molecule has 1 saturated heterocycles. The Kier molecular flexibility index (Phi) is 5.85. The molecule has 0 amide bonds. The largest absolute Gasteiger partial charge is 0.396 e. The highest BCUT2D eigenvalue weighted by Gasteiger charge is 2.33. The second-order valence-corrected chi connectivity index (χ2v) is 6.96. The molecule has 6 heteroatoms. The smallest absolute Gasteiger partial charge is 0.214 e. The van der Waals surface area contributed by atoms with Crippen LogP contribution < -0.4 is 0 Å². The number of rotatable bonds is 7. The second-order valence-electron chi connectivity index (χ2n) is 4.92. The summed E-state index contributed by atoms with van der Waals surface area (Å²) in [6, 6.07) is 0.129. The van der Waals surface area contributed by atoms with Gasteiger partial charge in [-0.2, -0.15) is 4.31 Å². The lowest BCUT2D eigenvalue weighted by atomic mass is 10.2. The number of unbranched alkanes of at least 4 members (excludes halogenated alkanes) is 1. The first-order chi connectivity index (χ1) is 7.97. The van der Waals surface area contributed by atoms with Crippen molar-refractivity contribution in [3.8, 4) is 0 Å². The second kappa shape index (κ2) is 6.68. The van der Waals surface area contributed by atoms with Gasteiger partial charge in [0.2, 0.25) is 10.0 Å². The van der Waals surface area contributed by atoms with Crippen LogP contribution in [0.1, 0.15) is 25.7 Å². The topological polar surface area (TPSA) is 60.9 Å². The molecule has 0 spiro atoms. The molecule has 1 atom stereocenters. The third-order valence-corrected chi connectivity index (χ3v) is 5.07. The maximum Gasteiger partial charge on any atom is 0.214 e. The van der Waals surface area contributed by atoms with Gasteiger partial charge in [-0.1, -0.05) is 0 Å². The zero-order chi connectivity index (χ0) is 12.9. The molecule has 1 rings (SSSR count). The van der Waals surface area contributed by atoms with Crippen molar-refractivity contribution in [1.82, 2.24) is 9.21 Å². The fourth-order valence-electron chi connectivity index (χ4n) is 2.29. The van der Waals surface area contributed by atoms with Crippen LogP contribution >= 0.6 is 0 Å². The van der Waals surface area contributed by atoms with Crippen molar-refractivity contribution in [2.75, 3.05) is 39.5 Å². The summed E-state index contributed by atoms with van der Waals surface area (Å²) in [7, 11) is 0.803. The van der Waals surface area contributed by atoms with Crippen molar-refractivity contribution in [3.05, 3.63) is 0 Å². The number of hydrogen-bond donors (Lipinski definition) is 1. The maximum atomic E-state index is 12.1. The van der Waals surface area contributed by atoms with Gasteiger partial charge in [-0.3, -0.25) is 0 Å². The van der Waals surface area contributed by atoms with E-state index in [2.05, 4.69) is 0 Å². The quantitative estimate of drug-likeness (QED) is 0.663. The number of aliphatic hydroxyl groups excluding tert-OH is 1. The van der Waals surface area contributed by atoms with E-state index in [9.17, 15) is 8.42 Å². The molecular weight excluding hydrogens is 240 g/mol. The lowest BCUT2D eigenvalue weighted by Gasteiger charge is -2.26. The lowest BCUT2D eigenvalue weighted by molar-refractivity contribution is 0.283. The molecule has 0 aromatic heterocycles. The minimum atomic E-state index is -3.13. The molecule has 17 heavy (non-hydrogen) atoms. The Morgan fingerprint density at radius 1 is 1.35 bits per heavy atom. The van der Waals surface area contributed by atoms with E-state index in [1.165, 1.54) is 0 Å². The summed E-state index contributed by atoms with van der Waals surface area (Å²) in [6.45, 7) is 1.51. The van der Waals surface area contributed by atoms with Gasteiger partial charge in [0, 0.05) is 25.7 Å². The van der Waals surface area contributed by atoms with Crippen LogP contribution in [0.5, 0.6) is 0 Å². The highest BCUT2D eigenvalue weighted by Crippen LogP contribution is 2.22. The van der Waals surface area contributed by atoms with Gasteiger partial charge < -0.3 is 10.0 Å². The summed E-state index contributed by atoms with van der Waals surface area (Å²) in [4.78, 5) is 2.03. The minimum Gasteiger partial charge on any atom is -0.396 e. The summed E-state index contributed by atoms with van der Waals surface area (Å²) >= 11 is 0. The third kappa shape index (κ3) is 4.54. The number of aliphatic hydroxyl groups is 1. The van der Waals surface area contributed by atoms with E-state index in [-0.39, 0.29) is 18.4 Å². The molecule has 1 aliphatic heterocycles. The molecule has 0 aromatic carbocycles. The third-order valence-electron chi connectivity index (χ3n) is 3.07. The van der Waals surface area contributed by atoms with E-state index in [0.29, 0.717) is 19.4 Å². The van der Waals surface area contributed by atoms with E-state index in [4.69, 9.17) is 5.11 Å². The first-order valence-corrected chi connectivity index (χ1v) is 7.83. The molecule has 0 saturated carbocycles. The Morgan fingerprint density at radius 2 is 2.06 bits per heavy atom. The van der Waals surface area contributed by atoms with Gasteiger partial charge >= 0.3 is 0 Å². The lowest BCUT2D eigenvalue weighted by Crippen LogP contribution is -2.42. The van der Waals surface area contributed by atoms with Crippen molar-refractivity contribution in [2.24, 2.45) is 0 Å². The number of sulfonamides is 1. The standard InChI is InChI=1S/C11H24N2O3S/c1-12(2)10-11-6-5-7-13(11)17(15,16)9-4-3-8-14/h11,14H,3-10H2,1-2H3. The number of nitrogens with zero attached hydrogens (tertiary/aromatic N) is 2. The zero-order valence-electron chi connectivity index (χ0n) is 10.8. The number of likely N-dealkylation sites (N-methyl/N-ethyl adjacent to an activating group) is 1. The van der Waals surface area contributed by atoms with Crippen molar-refractivity contribution in [1.29, 1.82) is 0 Å². The molecular formula is C11H24N2O3S. The molecule has 5 nitrogen and oxygen atoms in total. The van der Waals surface area contributed by atoms with Crippen LogP contribution in [0.4, 0.5) is 0 Å². The van der Waals surface area contributed by atoms with Crippen LogP contribution in [0.25, 0.3) is 0 Å². The first-order valence-electron chi connectivity index (χ1n) is 6.22. The van der Waals surface area contributed by atoms with Crippen LogP contribution in [0.2, 0.25) is 0 Å². The molecule has 1 aliphatic rings. The van der Waals surface area contributed by atoms with Gasteiger partial charge in [0.25, 0.3) is 0 Å². The van der Waals surface area contributed by atoms with Gasteiger partial charge in [-0.05, 0) is 39.8 Å². The van der Waals surface area contributed by atoms with Crippen LogP contribution in [0.15, 0.2) is 0 Å². The van der Waals surface area contributed by atoms with Crippen molar-refractivity contribution in [3.63, 3.8) is 0 Å². The Morgan fingerprint density at radius 3 is 2.65 bits per heavy atom. The Hall–Kier alpha value is -0.170. The predicted octanol–water partition coefficient (Wildman–Crippen LogP) is 0.115. The fraction of sp³-hybridized carbons (Fsp3) is 1.00. The van der Waals surface area contributed by atoms with Gasteiger partial charge in [0.15, 0.2) is 0 Å². The fourth-order valence-corrected chi connectivity index (χ4v) is 4.13. The average molecular weight is 264 g/mol. The van der Waals surface area contributed by atoms with E-state index in [0.717, 1.165) is 19.4 Å². The number of hydrogen-bond acceptors (Lipinski definition) is 4. The molecule has 0 radical (unpaired) electrons. The van der Waals surface area contributed by atoms with Crippen LogP contribution in [0.3, 0.4) is 0 Å². The molecule has 1 heterocycles. The molecule has 1 N–H and O–H groups in total. The summed E-state index contributed by atoms with van der Waals surface area (Å²) in [5.74, 6) is 0.164.